The highest BCUT2D eigenvalue weighted by atomic mass is 32.2. The number of rotatable bonds is 9. The van der Waals surface area contributed by atoms with Crippen LogP contribution in [0.3, 0.4) is 0 Å². The summed E-state index contributed by atoms with van der Waals surface area (Å²) in [6.07, 6.45) is -3.58. The number of hydrogen-bond donors (Lipinski definition) is 1. The molecule has 0 bridgehead atoms. The summed E-state index contributed by atoms with van der Waals surface area (Å²) < 4.78 is 82.1. The number of piperidine rings is 1. The number of anilines is 1. The van der Waals surface area contributed by atoms with Crippen molar-refractivity contribution in [3.8, 4) is 16.2 Å². The van der Waals surface area contributed by atoms with Crippen molar-refractivity contribution in [1.29, 1.82) is 0 Å². The Morgan fingerprint density at radius 2 is 1.69 bits per heavy atom. The van der Waals surface area contributed by atoms with E-state index in [2.05, 4.69) is 5.32 Å². The molecule has 0 aliphatic carbocycles. The molecule has 244 valence electrons. The maximum absolute atomic E-state index is 13.0. The Kier molecular flexibility index (Phi) is 10.2. The first-order chi connectivity index (χ1) is 21.0. The van der Waals surface area contributed by atoms with Gasteiger partial charge in [-0.2, -0.15) is 17.5 Å². The molecule has 45 heavy (non-hydrogen) atoms. The maximum atomic E-state index is 13.0. The zero-order valence-corrected chi connectivity index (χ0v) is 27.1. The highest BCUT2D eigenvalue weighted by molar-refractivity contribution is 7.89. The molecule has 0 spiro atoms. The molecule has 1 saturated heterocycles. The van der Waals surface area contributed by atoms with Crippen LogP contribution in [0.15, 0.2) is 53.4 Å². The minimum Gasteiger partial charge on any atom is -0.480 e. The lowest BCUT2D eigenvalue weighted by atomic mass is 10.0. The summed E-state index contributed by atoms with van der Waals surface area (Å²) in [5.74, 6) is -0.927. The first-order valence-electron chi connectivity index (χ1n) is 14.1. The molecule has 0 unspecified atom stereocenters. The third kappa shape index (κ3) is 8.35. The number of carbonyl (C=O) groups excluding carboxylic acids is 2. The van der Waals surface area contributed by atoms with E-state index in [0.717, 1.165) is 40.4 Å². The Bertz CT molecular complexity index is 1640. The van der Waals surface area contributed by atoms with E-state index in [0.29, 0.717) is 18.4 Å². The van der Waals surface area contributed by atoms with Crippen molar-refractivity contribution >= 4 is 39.0 Å². The molecular formula is C31H35F3N2O7S2. The minimum absolute atomic E-state index is 0.0536. The van der Waals surface area contributed by atoms with Gasteiger partial charge in [-0.05, 0) is 82.5 Å². The van der Waals surface area contributed by atoms with Crippen LogP contribution in [-0.4, -0.2) is 63.1 Å². The van der Waals surface area contributed by atoms with E-state index in [1.165, 1.54) is 22.8 Å². The Labute approximate surface area is 264 Å². The highest BCUT2D eigenvalue weighted by Gasteiger charge is 2.33. The van der Waals surface area contributed by atoms with Gasteiger partial charge in [-0.25, -0.2) is 18.0 Å². The molecular weight excluding hydrogens is 633 g/mol. The van der Waals surface area contributed by atoms with E-state index in [4.69, 9.17) is 14.2 Å². The van der Waals surface area contributed by atoms with Crippen LogP contribution in [0.5, 0.6) is 5.75 Å². The molecule has 1 aliphatic heterocycles. The molecule has 14 heteroatoms. The Morgan fingerprint density at radius 3 is 2.27 bits per heavy atom. The average molecular weight is 669 g/mol. The molecule has 0 amide bonds. The van der Waals surface area contributed by atoms with Gasteiger partial charge < -0.3 is 19.5 Å². The van der Waals surface area contributed by atoms with E-state index >= 15 is 0 Å². The molecule has 0 radical (unpaired) electrons. The number of nitrogens with one attached hydrogen (secondary N) is 1. The van der Waals surface area contributed by atoms with Crippen LogP contribution in [-0.2, 0) is 30.5 Å². The normalized spacial score (nSPS) is 15.0. The summed E-state index contributed by atoms with van der Waals surface area (Å²) in [5.41, 5.74) is 0.630. The number of methoxy groups -OCH3 is 1. The van der Waals surface area contributed by atoms with Gasteiger partial charge in [-0.3, -0.25) is 0 Å². The largest absolute Gasteiger partial charge is 0.480 e. The van der Waals surface area contributed by atoms with Gasteiger partial charge in [0.25, 0.3) is 0 Å². The van der Waals surface area contributed by atoms with Crippen LogP contribution in [0.4, 0.5) is 18.9 Å². The van der Waals surface area contributed by atoms with Crippen molar-refractivity contribution in [2.45, 2.75) is 63.3 Å². The first kappa shape index (κ1) is 34.3. The molecule has 9 nitrogen and oxygen atoms in total. The molecule has 1 fully saturated rings. The van der Waals surface area contributed by atoms with E-state index in [1.807, 2.05) is 24.3 Å². The number of sulfonamides is 1. The molecule has 1 N–H and O–H groups in total. The zero-order valence-electron chi connectivity index (χ0n) is 25.5. The van der Waals surface area contributed by atoms with Crippen molar-refractivity contribution in [3.63, 3.8) is 0 Å². The van der Waals surface area contributed by atoms with Gasteiger partial charge in [0.15, 0.2) is 11.5 Å². The number of nitrogens with zero attached hydrogens (tertiary/aromatic N) is 1. The van der Waals surface area contributed by atoms with Gasteiger partial charge in [-0.1, -0.05) is 12.1 Å². The fourth-order valence-corrected chi connectivity index (χ4v) is 7.50. The number of alkyl halides is 3. The van der Waals surface area contributed by atoms with Crippen LogP contribution < -0.4 is 10.1 Å². The molecule has 0 saturated carbocycles. The number of esters is 2. The smallest absolute Gasteiger partial charge is 0.416 e. The maximum Gasteiger partial charge on any atom is 0.416 e. The van der Waals surface area contributed by atoms with Crippen LogP contribution in [0.25, 0.3) is 10.4 Å². The summed E-state index contributed by atoms with van der Waals surface area (Å²) in [5, 5.41) is 3.44. The van der Waals surface area contributed by atoms with Gasteiger partial charge >= 0.3 is 18.1 Å². The number of ether oxygens (including phenoxy) is 3. The summed E-state index contributed by atoms with van der Waals surface area (Å²) in [6, 6.07) is 11.0. The molecule has 4 rings (SSSR count). The van der Waals surface area contributed by atoms with Gasteiger partial charge in [0.05, 0.1) is 17.6 Å². The SMILES string of the molecule is COC(=O)c1sc(-c2cccc(NC3CCN(S(=O)(=O)c4ccc(C(F)(F)F)cc4)CC3)c2)c(C)c1OCC(=O)OC(C)(C)C. The summed E-state index contributed by atoms with van der Waals surface area (Å²) in [7, 11) is -2.67. The average Bonchev–Trinajstić information content (AvgIpc) is 3.30. The summed E-state index contributed by atoms with van der Waals surface area (Å²) in [6.45, 7) is 7.04. The second-order valence-corrected chi connectivity index (χ2v) is 14.5. The lowest BCUT2D eigenvalue weighted by Crippen LogP contribution is -2.42. The molecule has 3 aromatic rings. The molecule has 1 aromatic heterocycles. The van der Waals surface area contributed by atoms with E-state index in [-0.39, 0.29) is 41.3 Å². The lowest BCUT2D eigenvalue weighted by molar-refractivity contribution is -0.157. The minimum atomic E-state index is -4.55. The van der Waals surface area contributed by atoms with Crippen molar-refractivity contribution in [1.82, 2.24) is 4.31 Å². The van der Waals surface area contributed by atoms with Crippen LogP contribution in [0.1, 0.15) is 54.4 Å². The fraction of sp³-hybridized carbons (Fsp3) is 0.419. The number of benzene rings is 2. The molecule has 2 aromatic carbocycles. The monoisotopic (exact) mass is 668 g/mol. The topological polar surface area (TPSA) is 111 Å². The number of halogens is 3. The first-order valence-corrected chi connectivity index (χ1v) is 16.4. The molecule has 1 aliphatic rings. The van der Waals surface area contributed by atoms with Gasteiger partial charge in [-0.15, -0.1) is 11.3 Å². The Hall–Kier alpha value is -3.62. The van der Waals surface area contributed by atoms with Gasteiger partial charge in [0, 0.05) is 35.3 Å². The highest BCUT2D eigenvalue weighted by Crippen LogP contribution is 2.42. The standard InChI is InChI=1S/C31H35F3N2O7S2/c1-19-26(42-18-25(37)43-30(2,3)4)28(29(38)41-5)44-27(19)20-7-6-8-23(17-20)35-22-13-15-36(16-14-22)45(39,40)24-11-9-21(10-12-24)31(32,33)34/h6-12,17,22,35H,13-16,18H2,1-5H3. The second kappa shape index (κ2) is 13.4. The van der Waals surface area contributed by atoms with Crippen molar-refractivity contribution < 1.29 is 45.4 Å². The van der Waals surface area contributed by atoms with E-state index in [1.54, 1.807) is 27.7 Å². The fourth-order valence-electron chi connectivity index (χ4n) is 4.87. The number of carbonyl (C=O) groups is 2. The predicted octanol–water partition coefficient (Wildman–Crippen LogP) is 6.51. The predicted molar refractivity (Wildman–Crippen MR) is 164 cm³/mol. The lowest BCUT2D eigenvalue weighted by Gasteiger charge is -2.32. The van der Waals surface area contributed by atoms with E-state index in [9.17, 15) is 31.2 Å². The van der Waals surface area contributed by atoms with Gasteiger partial charge in [0.1, 0.15) is 11.4 Å². The number of thiophene rings is 1. The van der Waals surface area contributed by atoms with E-state index < -0.39 is 39.3 Å². The van der Waals surface area contributed by atoms with Crippen molar-refractivity contribution in [3.05, 3.63) is 64.5 Å². The Morgan fingerprint density at radius 1 is 1.04 bits per heavy atom. The quantitative estimate of drug-likeness (QED) is 0.257. The van der Waals surface area contributed by atoms with Crippen molar-refractivity contribution in [2.24, 2.45) is 0 Å². The van der Waals surface area contributed by atoms with Gasteiger partial charge in [0.2, 0.25) is 10.0 Å². The van der Waals surface area contributed by atoms with Crippen molar-refractivity contribution in [2.75, 3.05) is 32.1 Å². The molecule has 2 heterocycles. The third-order valence-corrected chi connectivity index (χ3v) is 10.2. The zero-order chi connectivity index (χ0) is 33.2. The van der Waals surface area contributed by atoms with Crippen LogP contribution in [0.2, 0.25) is 0 Å². The second-order valence-electron chi connectivity index (χ2n) is 11.5. The van der Waals surface area contributed by atoms with Crippen LogP contribution >= 0.6 is 11.3 Å². The third-order valence-electron chi connectivity index (χ3n) is 6.99. The summed E-state index contributed by atoms with van der Waals surface area (Å²) in [4.78, 5) is 25.6. The Balaban J connectivity index is 1.45. The molecule has 0 atom stereocenters. The summed E-state index contributed by atoms with van der Waals surface area (Å²) >= 11 is 1.18. The van der Waals surface area contributed by atoms with Crippen LogP contribution in [0, 0.1) is 6.92 Å². The number of hydrogen-bond acceptors (Lipinski definition) is 9.